The van der Waals surface area contributed by atoms with E-state index >= 15 is 0 Å². The van der Waals surface area contributed by atoms with Crippen molar-refractivity contribution in [2.45, 2.75) is 38.5 Å². The topological polar surface area (TPSA) is 49.4 Å². The Morgan fingerprint density at radius 1 is 1.11 bits per heavy atom. The highest BCUT2D eigenvalue weighted by molar-refractivity contribution is 5.95. The van der Waals surface area contributed by atoms with Gasteiger partial charge in [0.15, 0.2) is 0 Å². The van der Waals surface area contributed by atoms with Crippen molar-refractivity contribution in [3.63, 3.8) is 0 Å². The van der Waals surface area contributed by atoms with Gasteiger partial charge in [0.2, 0.25) is 11.8 Å². The second kappa shape index (κ2) is 7.91. The third-order valence-corrected chi connectivity index (χ3v) is 5.16. The summed E-state index contributed by atoms with van der Waals surface area (Å²) < 4.78 is 14.0. The van der Waals surface area contributed by atoms with Crippen molar-refractivity contribution in [1.82, 2.24) is 5.32 Å². The van der Waals surface area contributed by atoms with Crippen molar-refractivity contribution < 1.29 is 14.0 Å². The van der Waals surface area contributed by atoms with Crippen LogP contribution < -0.4 is 10.2 Å². The first-order chi connectivity index (χ1) is 12.9. The molecule has 0 unspecified atom stereocenters. The Balaban J connectivity index is 1.50. The maximum atomic E-state index is 14.0. The van der Waals surface area contributed by atoms with E-state index in [-0.39, 0.29) is 17.6 Å². The van der Waals surface area contributed by atoms with Crippen molar-refractivity contribution in [1.29, 1.82) is 0 Å². The first-order valence-corrected chi connectivity index (χ1v) is 9.33. The third-order valence-electron chi connectivity index (χ3n) is 5.16. The molecule has 0 radical (unpaired) electrons. The van der Waals surface area contributed by atoms with E-state index in [0.717, 1.165) is 12.1 Å². The first kappa shape index (κ1) is 19.1. The van der Waals surface area contributed by atoms with Gasteiger partial charge >= 0.3 is 0 Å². The Bertz CT molecular complexity index is 848. The molecule has 0 spiro atoms. The van der Waals surface area contributed by atoms with Gasteiger partial charge in [0.25, 0.3) is 0 Å². The molecule has 0 saturated heterocycles. The standard InChI is InChI=1S/C22H25FN2O2/c1-22(2,17-9-4-5-10-18(17)23)21(27)24-14-7-12-20(26)25-15-13-16-8-3-6-11-19(16)25/h3-6,8-11H,7,12-15H2,1-2H3,(H,24,27). The van der Waals surface area contributed by atoms with Crippen LogP contribution in [0.25, 0.3) is 0 Å². The summed E-state index contributed by atoms with van der Waals surface area (Å²) in [6, 6.07) is 14.3. The molecule has 1 N–H and O–H groups in total. The first-order valence-electron chi connectivity index (χ1n) is 9.33. The fraction of sp³-hybridized carbons (Fsp3) is 0.364. The largest absolute Gasteiger partial charge is 0.355 e. The summed E-state index contributed by atoms with van der Waals surface area (Å²) in [5.74, 6) is -0.561. The Hall–Kier alpha value is -2.69. The minimum absolute atomic E-state index is 0.0718. The van der Waals surface area contributed by atoms with Crippen LogP contribution in [-0.4, -0.2) is 24.9 Å². The second-order valence-corrected chi connectivity index (χ2v) is 7.39. The molecule has 0 atom stereocenters. The summed E-state index contributed by atoms with van der Waals surface area (Å²) in [6.07, 6.45) is 1.81. The number of hydrogen-bond donors (Lipinski definition) is 1. The van der Waals surface area contributed by atoms with E-state index in [1.165, 1.54) is 11.6 Å². The average Bonchev–Trinajstić information content (AvgIpc) is 3.09. The number of nitrogens with one attached hydrogen (secondary N) is 1. The molecule has 0 saturated carbocycles. The number of carbonyl (C=O) groups is 2. The summed E-state index contributed by atoms with van der Waals surface area (Å²) >= 11 is 0. The lowest BCUT2D eigenvalue weighted by Crippen LogP contribution is -2.41. The van der Waals surface area contributed by atoms with Crippen LogP contribution in [0.3, 0.4) is 0 Å². The van der Waals surface area contributed by atoms with Crippen molar-refractivity contribution in [3.05, 3.63) is 65.5 Å². The molecular formula is C22H25FN2O2. The van der Waals surface area contributed by atoms with E-state index in [9.17, 15) is 14.0 Å². The molecule has 1 aliphatic heterocycles. The smallest absolute Gasteiger partial charge is 0.230 e. The summed E-state index contributed by atoms with van der Waals surface area (Å²) in [4.78, 5) is 26.8. The zero-order valence-electron chi connectivity index (χ0n) is 15.8. The van der Waals surface area contributed by atoms with Gasteiger partial charge in [-0.2, -0.15) is 0 Å². The summed E-state index contributed by atoms with van der Waals surface area (Å²) in [6.45, 7) is 4.50. The molecule has 1 heterocycles. The molecule has 1 aliphatic rings. The molecule has 2 aromatic carbocycles. The van der Waals surface area contributed by atoms with Gasteiger partial charge in [-0.1, -0.05) is 36.4 Å². The number of amides is 2. The number of carbonyl (C=O) groups excluding carboxylic acids is 2. The summed E-state index contributed by atoms with van der Waals surface area (Å²) in [7, 11) is 0. The van der Waals surface area contributed by atoms with Crippen molar-refractivity contribution in [2.75, 3.05) is 18.0 Å². The number of hydrogen-bond acceptors (Lipinski definition) is 2. The Morgan fingerprint density at radius 2 is 1.81 bits per heavy atom. The summed E-state index contributed by atoms with van der Waals surface area (Å²) in [5, 5.41) is 2.84. The van der Waals surface area contributed by atoms with Crippen LogP contribution >= 0.6 is 0 Å². The van der Waals surface area contributed by atoms with Gasteiger partial charge in [-0.05, 0) is 44.4 Å². The van der Waals surface area contributed by atoms with Crippen LogP contribution in [0, 0.1) is 5.82 Å². The highest BCUT2D eigenvalue weighted by Crippen LogP contribution is 2.28. The number of nitrogens with zero attached hydrogens (tertiary/aromatic N) is 1. The monoisotopic (exact) mass is 368 g/mol. The number of rotatable bonds is 6. The van der Waals surface area contributed by atoms with Crippen molar-refractivity contribution in [2.24, 2.45) is 0 Å². The van der Waals surface area contributed by atoms with E-state index in [4.69, 9.17) is 0 Å². The van der Waals surface area contributed by atoms with Gasteiger partial charge in [-0.15, -0.1) is 0 Å². The lowest BCUT2D eigenvalue weighted by molar-refractivity contribution is -0.126. The van der Waals surface area contributed by atoms with Gasteiger partial charge in [0, 0.05) is 30.8 Å². The third kappa shape index (κ3) is 4.02. The quantitative estimate of drug-likeness (QED) is 0.792. The molecule has 27 heavy (non-hydrogen) atoms. The number of halogens is 1. The Morgan fingerprint density at radius 3 is 2.59 bits per heavy atom. The van der Waals surface area contributed by atoms with E-state index in [1.54, 1.807) is 32.0 Å². The lowest BCUT2D eigenvalue weighted by Gasteiger charge is -2.24. The zero-order chi connectivity index (χ0) is 19.4. The SMILES string of the molecule is CC(C)(C(=O)NCCCC(=O)N1CCc2ccccc21)c1ccccc1F. The zero-order valence-corrected chi connectivity index (χ0v) is 15.8. The Kier molecular flexibility index (Phi) is 5.59. The molecule has 0 aliphatic carbocycles. The molecule has 2 aromatic rings. The molecule has 5 heteroatoms. The summed E-state index contributed by atoms with van der Waals surface area (Å²) in [5.41, 5.74) is 1.59. The van der Waals surface area contributed by atoms with Gasteiger partial charge < -0.3 is 10.2 Å². The molecule has 3 rings (SSSR count). The molecular weight excluding hydrogens is 343 g/mol. The minimum atomic E-state index is -0.969. The van der Waals surface area contributed by atoms with Crippen LogP contribution in [-0.2, 0) is 21.4 Å². The fourth-order valence-electron chi connectivity index (χ4n) is 3.49. The van der Waals surface area contributed by atoms with E-state index in [0.29, 0.717) is 31.5 Å². The fourth-order valence-corrected chi connectivity index (χ4v) is 3.49. The highest BCUT2D eigenvalue weighted by Gasteiger charge is 2.32. The highest BCUT2D eigenvalue weighted by atomic mass is 19.1. The van der Waals surface area contributed by atoms with Gasteiger partial charge in [0.1, 0.15) is 5.82 Å². The van der Waals surface area contributed by atoms with Crippen LogP contribution in [0.5, 0.6) is 0 Å². The van der Waals surface area contributed by atoms with Crippen LogP contribution in [0.4, 0.5) is 10.1 Å². The van der Waals surface area contributed by atoms with Gasteiger partial charge in [0.05, 0.1) is 5.41 Å². The molecule has 0 bridgehead atoms. The maximum absolute atomic E-state index is 14.0. The maximum Gasteiger partial charge on any atom is 0.230 e. The van der Waals surface area contributed by atoms with Gasteiger partial charge in [-0.3, -0.25) is 9.59 Å². The van der Waals surface area contributed by atoms with Crippen LogP contribution in [0.2, 0.25) is 0 Å². The van der Waals surface area contributed by atoms with E-state index in [1.807, 2.05) is 29.2 Å². The normalized spacial score (nSPS) is 13.4. The predicted octanol–water partition coefficient (Wildman–Crippen LogP) is 3.59. The second-order valence-electron chi connectivity index (χ2n) is 7.39. The predicted molar refractivity (Wildman–Crippen MR) is 104 cm³/mol. The minimum Gasteiger partial charge on any atom is -0.355 e. The van der Waals surface area contributed by atoms with Crippen molar-refractivity contribution >= 4 is 17.5 Å². The lowest BCUT2D eigenvalue weighted by atomic mass is 9.83. The molecule has 0 fully saturated rings. The van der Waals surface area contributed by atoms with Crippen LogP contribution in [0.15, 0.2) is 48.5 Å². The molecule has 142 valence electrons. The number of anilines is 1. The average molecular weight is 368 g/mol. The Labute approximate surface area is 159 Å². The van der Waals surface area contributed by atoms with Gasteiger partial charge in [-0.25, -0.2) is 4.39 Å². The number of benzene rings is 2. The molecule has 0 aromatic heterocycles. The van der Waals surface area contributed by atoms with E-state index < -0.39 is 5.41 Å². The number of para-hydroxylation sites is 1. The van der Waals surface area contributed by atoms with Crippen molar-refractivity contribution in [3.8, 4) is 0 Å². The van der Waals surface area contributed by atoms with E-state index in [2.05, 4.69) is 5.32 Å². The molecule has 4 nitrogen and oxygen atoms in total. The number of fused-ring (bicyclic) bond motifs is 1. The molecule has 2 amide bonds. The van der Waals surface area contributed by atoms with Crippen LogP contribution in [0.1, 0.15) is 37.8 Å².